The largest absolute Gasteiger partial charge is 0.530 e. The molecule has 2 rings (SSSR count). The second-order valence-electron chi connectivity index (χ2n) is 9.82. The molecule has 195 valence electrons. The molecule has 2 N–H and O–H groups in total. The Balaban J connectivity index is 2.01. The molecule has 2 unspecified atom stereocenters. The van der Waals surface area contributed by atoms with Crippen molar-refractivity contribution in [3.63, 3.8) is 0 Å². The van der Waals surface area contributed by atoms with Crippen molar-refractivity contribution >= 4 is 44.4 Å². The molecule has 12 nitrogen and oxygen atoms in total. The van der Waals surface area contributed by atoms with Crippen molar-refractivity contribution < 1.29 is 56.0 Å². The van der Waals surface area contributed by atoms with Gasteiger partial charge in [-0.05, 0) is 32.1 Å². The van der Waals surface area contributed by atoms with E-state index in [0.717, 1.165) is 0 Å². The lowest BCUT2D eigenvalue weighted by atomic mass is 9.51. The Kier molecular flexibility index (Phi) is 11.1. The molecule has 0 bridgehead atoms. The van der Waals surface area contributed by atoms with Crippen LogP contribution in [0.25, 0.3) is 0 Å². The second kappa shape index (κ2) is 12.6. The summed E-state index contributed by atoms with van der Waals surface area (Å²) in [7, 11) is 2.87. The number of rotatable bonds is 12. The third-order valence-corrected chi connectivity index (χ3v) is 6.74. The molecular formula is C18H32B3O12P2. The molecule has 5 radical (unpaired) electrons. The number of phosphoric ester groups is 2. The summed E-state index contributed by atoms with van der Waals surface area (Å²) in [4.78, 5) is 32.8. The lowest BCUT2D eigenvalue weighted by molar-refractivity contribution is -0.151. The number of ether oxygens (including phenoxy) is 3. The zero-order valence-electron chi connectivity index (χ0n) is 20.5. The zero-order valence-corrected chi connectivity index (χ0v) is 22.3. The van der Waals surface area contributed by atoms with Gasteiger partial charge in [0.25, 0.3) is 0 Å². The molecule has 0 amide bonds. The summed E-state index contributed by atoms with van der Waals surface area (Å²) in [5.74, 6) is -1.36. The van der Waals surface area contributed by atoms with E-state index in [4.69, 9.17) is 43.4 Å². The van der Waals surface area contributed by atoms with Gasteiger partial charge in [-0.15, -0.1) is 0 Å². The SMILES string of the molecule is [B][B][C@H]1C[C@@H](OP(=O)(O)OC(=O)[C@H]2O[C@@H]([B])C[C@H]2OP(=O)(O)OCC(C)(C)C)[C@@H](COC(C)C)O1. The third kappa shape index (κ3) is 10.6. The van der Waals surface area contributed by atoms with Gasteiger partial charge in [-0.3, -0.25) is 18.5 Å². The van der Waals surface area contributed by atoms with Gasteiger partial charge >= 0.3 is 21.6 Å². The maximum absolute atomic E-state index is 12.6. The number of hydrogen-bond acceptors (Lipinski definition) is 10. The fraction of sp³-hybridized carbons (Fsp3) is 0.944. The molecule has 2 saturated heterocycles. The van der Waals surface area contributed by atoms with E-state index >= 15 is 0 Å². The summed E-state index contributed by atoms with van der Waals surface area (Å²) in [6, 6.07) is -1.61. The summed E-state index contributed by atoms with van der Waals surface area (Å²) < 4.78 is 61.1. The lowest BCUT2D eigenvalue weighted by Gasteiger charge is -2.25. The third-order valence-electron chi connectivity index (χ3n) is 4.80. The van der Waals surface area contributed by atoms with Crippen LogP contribution in [-0.4, -0.2) is 94.3 Å². The molecule has 2 aliphatic heterocycles. The summed E-state index contributed by atoms with van der Waals surface area (Å²) in [6.07, 6.45) is -4.92. The Bertz CT molecular complexity index is 810. The van der Waals surface area contributed by atoms with Gasteiger partial charge in [0.1, 0.15) is 26.2 Å². The second-order valence-corrected chi connectivity index (χ2v) is 12.6. The Morgan fingerprint density at radius 2 is 1.74 bits per heavy atom. The fourth-order valence-electron chi connectivity index (χ4n) is 3.24. The topological polar surface area (TPSA) is 156 Å². The van der Waals surface area contributed by atoms with Crippen LogP contribution >= 0.6 is 15.6 Å². The van der Waals surface area contributed by atoms with Crippen molar-refractivity contribution in [3.8, 4) is 0 Å². The van der Waals surface area contributed by atoms with Gasteiger partial charge in [0.2, 0.25) is 0 Å². The van der Waals surface area contributed by atoms with Crippen LogP contribution in [0.15, 0.2) is 0 Å². The van der Waals surface area contributed by atoms with Gasteiger partial charge in [-0.25, -0.2) is 13.9 Å². The summed E-state index contributed by atoms with van der Waals surface area (Å²) >= 11 is 0. The zero-order chi connectivity index (χ0) is 26.6. The first-order valence-electron chi connectivity index (χ1n) is 11.1. The van der Waals surface area contributed by atoms with Crippen LogP contribution in [0.4, 0.5) is 0 Å². The Labute approximate surface area is 209 Å². The minimum Gasteiger partial charge on any atom is -0.380 e. The lowest BCUT2D eigenvalue weighted by Crippen LogP contribution is -2.34. The molecule has 2 heterocycles. The Morgan fingerprint density at radius 1 is 1.11 bits per heavy atom. The first-order chi connectivity index (χ1) is 16.0. The van der Waals surface area contributed by atoms with Gasteiger partial charge in [-0.2, -0.15) is 0 Å². The predicted molar refractivity (Wildman–Crippen MR) is 126 cm³/mol. The van der Waals surface area contributed by atoms with E-state index < -0.39 is 63.5 Å². The molecule has 0 spiro atoms. The van der Waals surface area contributed by atoms with Crippen molar-refractivity contribution in [3.05, 3.63) is 0 Å². The van der Waals surface area contributed by atoms with Crippen LogP contribution in [0.1, 0.15) is 47.5 Å². The number of carbonyl (C=O) groups is 1. The quantitative estimate of drug-likeness (QED) is 0.272. The molecule has 2 fully saturated rings. The molecule has 0 aromatic carbocycles. The van der Waals surface area contributed by atoms with Crippen LogP contribution in [-0.2, 0) is 46.2 Å². The number of phosphoric acid groups is 2. The van der Waals surface area contributed by atoms with Crippen LogP contribution in [0.2, 0.25) is 0 Å². The van der Waals surface area contributed by atoms with Gasteiger partial charge in [-0.1, -0.05) is 20.8 Å². The highest BCUT2D eigenvalue weighted by Gasteiger charge is 2.47. The summed E-state index contributed by atoms with van der Waals surface area (Å²) in [6.45, 7) is 8.90. The normalized spacial score (nSPS) is 32.8. The van der Waals surface area contributed by atoms with E-state index in [9.17, 15) is 23.7 Å². The van der Waals surface area contributed by atoms with Crippen LogP contribution in [0, 0.1) is 5.41 Å². The van der Waals surface area contributed by atoms with E-state index in [1.54, 1.807) is 34.6 Å². The highest BCUT2D eigenvalue weighted by Crippen LogP contribution is 2.50. The maximum Gasteiger partial charge on any atom is 0.530 e. The Morgan fingerprint density at radius 3 is 2.31 bits per heavy atom. The van der Waals surface area contributed by atoms with Crippen molar-refractivity contribution in [2.24, 2.45) is 5.41 Å². The monoisotopic (exact) mass is 535 g/mol. The smallest absolute Gasteiger partial charge is 0.380 e. The van der Waals surface area contributed by atoms with Gasteiger partial charge in [0.15, 0.2) is 6.10 Å². The first kappa shape index (κ1) is 31.0. The predicted octanol–water partition coefficient (Wildman–Crippen LogP) is 1.17. The van der Waals surface area contributed by atoms with Crippen molar-refractivity contribution in [2.45, 2.75) is 90.0 Å². The van der Waals surface area contributed by atoms with E-state index in [1.165, 1.54) is 7.17 Å². The van der Waals surface area contributed by atoms with Crippen LogP contribution < -0.4 is 0 Å². The number of carbonyl (C=O) groups excluding carboxylic acids is 1. The van der Waals surface area contributed by atoms with Crippen molar-refractivity contribution in [1.29, 1.82) is 0 Å². The summed E-state index contributed by atoms with van der Waals surface area (Å²) in [5, 5.41) is 0. The van der Waals surface area contributed by atoms with Gasteiger partial charge in [0, 0.05) is 19.7 Å². The Hall–Kier alpha value is -0.195. The average molecular weight is 535 g/mol. The molecule has 0 saturated carbocycles. The average Bonchev–Trinajstić information content (AvgIpc) is 3.25. The van der Waals surface area contributed by atoms with E-state index in [-0.39, 0.29) is 32.2 Å². The molecule has 0 aromatic rings. The van der Waals surface area contributed by atoms with Gasteiger partial charge < -0.3 is 23.6 Å². The fourth-order valence-corrected chi connectivity index (χ4v) is 5.33. The molecular weight excluding hydrogens is 503 g/mol. The van der Waals surface area contributed by atoms with Crippen LogP contribution in [0.5, 0.6) is 0 Å². The van der Waals surface area contributed by atoms with Crippen molar-refractivity contribution in [1.82, 2.24) is 0 Å². The van der Waals surface area contributed by atoms with E-state index in [2.05, 4.69) is 4.52 Å². The highest BCUT2D eigenvalue weighted by atomic mass is 31.2. The van der Waals surface area contributed by atoms with Crippen molar-refractivity contribution in [2.75, 3.05) is 13.2 Å². The minimum atomic E-state index is -4.98. The number of hydrogen-bond donors (Lipinski definition) is 2. The first-order valence-corrected chi connectivity index (χ1v) is 14.1. The maximum atomic E-state index is 12.6. The molecule has 0 aromatic heterocycles. The minimum absolute atomic E-state index is 0.0530. The van der Waals surface area contributed by atoms with Crippen LogP contribution in [0.3, 0.4) is 0 Å². The summed E-state index contributed by atoms with van der Waals surface area (Å²) in [5.41, 5.74) is -0.438. The highest BCUT2D eigenvalue weighted by molar-refractivity contribution is 7.48. The molecule has 8 atom stereocenters. The standard InChI is InChI=1S/C18H32B3O12P2/c1-10(2)27-8-13-11(7-15(21-20)29-13)31-35(25,26)33-17(22)16-12(6-14(19)30-16)32-34(23,24)28-9-18(3,4)5/h10-16H,6-9H2,1-5H3,(H,23,24)(H,25,26)/t11-,12-,13-,14-,15-,16+/m1/s1. The van der Waals surface area contributed by atoms with Gasteiger partial charge in [0.05, 0.1) is 26.5 Å². The molecule has 0 aliphatic carbocycles. The molecule has 35 heavy (non-hydrogen) atoms. The van der Waals surface area contributed by atoms with E-state index in [1.807, 2.05) is 0 Å². The van der Waals surface area contributed by atoms with E-state index in [0.29, 0.717) is 0 Å². The molecule has 2 aliphatic rings. The molecule has 17 heteroatoms.